The van der Waals surface area contributed by atoms with Crippen molar-refractivity contribution in [3.05, 3.63) is 99.7 Å². The number of amides is 1. The number of carbonyl (C=O) groups excluding carboxylic acids is 2. The molecule has 1 saturated heterocycles. The highest BCUT2D eigenvalue weighted by Crippen LogP contribution is 2.33. The van der Waals surface area contributed by atoms with Crippen LogP contribution in [0.3, 0.4) is 0 Å². The van der Waals surface area contributed by atoms with Crippen LogP contribution in [0.2, 0.25) is 0 Å². The summed E-state index contributed by atoms with van der Waals surface area (Å²) in [6.45, 7) is 8.28. The molecular formula is C34H37NO5S. The quantitative estimate of drug-likeness (QED) is 0.189. The molecule has 0 spiro atoms. The summed E-state index contributed by atoms with van der Waals surface area (Å²) in [5.74, 6) is -0.851. The average molecular weight is 572 g/mol. The first-order chi connectivity index (χ1) is 19.5. The number of ketones is 1. The van der Waals surface area contributed by atoms with Gasteiger partial charge < -0.3 is 14.7 Å². The Balaban J connectivity index is 1.52. The summed E-state index contributed by atoms with van der Waals surface area (Å²) in [5, 5.41) is 9.60. The van der Waals surface area contributed by atoms with Gasteiger partial charge in [0.2, 0.25) is 0 Å². The minimum atomic E-state index is -0.851. The predicted octanol–water partition coefficient (Wildman–Crippen LogP) is 6.94. The van der Waals surface area contributed by atoms with E-state index in [1.807, 2.05) is 44.4 Å². The van der Waals surface area contributed by atoms with Gasteiger partial charge in [-0.15, -0.1) is 11.8 Å². The van der Waals surface area contributed by atoms with E-state index in [0.717, 1.165) is 40.0 Å². The normalized spacial score (nSPS) is 18.0. The molecule has 2 aliphatic rings. The number of carbonyl (C=O) groups is 3. The summed E-state index contributed by atoms with van der Waals surface area (Å²) >= 11 is 1.63. The van der Waals surface area contributed by atoms with Crippen LogP contribution in [0.1, 0.15) is 52.9 Å². The average Bonchev–Trinajstić information content (AvgIpc) is 3.38. The second-order valence-electron chi connectivity index (χ2n) is 11.5. The van der Waals surface area contributed by atoms with Crippen LogP contribution in [-0.2, 0) is 22.4 Å². The second-order valence-corrected chi connectivity index (χ2v) is 12.4. The van der Waals surface area contributed by atoms with Crippen molar-refractivity contribution in [1.82, 2.24) is 4.90 Å². The van der Waals surface area contributed by atoms with E-state index in [-0.39, 0.29) is 17.6 Å². The number of Topliss-reactive ketones (excluding diaryl/α,β-unsaturated/α-hetero) is 1. The van der Waals surface area contributed by atoms with Gasteiger partial charge in [-0.1, -0.05) is 30.0 Å². The topological polar surface area (TPSA) is 83.9 Å². The number of carboxylic acid groups (broad SMARTS) is 1. The summed E-state index contributed by atoms with van der Waals surface area (Å²) in [4.78, 5) is 41.1. The molecule has 6 nitrogen and oxygen atoms in total. The zero-order valence-electron chi connectivity index (χ0n) is 24.3. The molecular weight excluding hydrogens is 534 g/mol. The molecule has 1 aliphatic heterocycles. The van der Waals surface area contributed by atoms with E-state index in [4.69, 9.17) is 4.74 Å². The summed E-state index contributed by atoms with van der Waals surface area (Å²) in [5.41, 5.74) is 9.72. The first-order valence-electron chi connectivity index (χ1n) is 13.8. The number of benzene rings is 2. The lowest BCUT2D eigenvalue weighted by Crippen LogP contribution is -2.30. The van der Waals surface area contributed by atoms with Gasteiger partial charge in [0.1, 0.15) is 0 Å². The van der Waals surface area contributed by atoms with Gasteiger partial charge in [-0.25, -0.2) is 4.79 Å². The fourth-order valence-electron chi connectivity index (χ4n) is 5.51. The Kier molecular flexibility index (Phi) is 9.45. The Bertz CT molecular complexity index is 1450. The van der Waals surface area contributed by atoms with Crippen LogP contribution >= 0.6 is 11.8 Å². The number of thioether (sulfide) groups is 1. The number of likely N-dealkylation sites (tertiary alicyclic amines) is 1. The molecule has 0 bridgehead atoms. The smallest absolute Gasteiger partial charge is 0.415 e. The Morgan fingerprint density at radius 2 is 1.78 bits per heavy atom. The molecule has 0 saturated carbocycles. The molecule has 1 aliphatic carbocycles. The van der Waals surface area contributed by atoms with Crippen molar-refractivity contribution in [2.24, 2.45) is 17.3 Å². The van der Waals surface area contributed by atoms with Crippen LogP contribution in [0, 0.1) is 31.1 Å². The molecule has 41 heavy (non-hydrogen) atoms. The lowest BCUT2D eigenvalue weighted by atomic mass is 9.81. The van der Waals surface area contributed by atoms with Gasteiger partial charge in [0.25, 0.3) is 0 Å². The van der Waals surface area contributed by atoms with E-state index < -0.39 is 17.5 Å². The maximum atomic E-state index is 13.7. The zero-order valence-corrected chi connectivity index (χ0v) is 25.1. The van der Waals surface area contributed by atoms with E-state index in [9.17, 15) is 19.5 Å². The molecule has 4 rings (SSSR count). The fourth-order valence-corrected chi connectivity index (χ4v) is 5.92. The van der Waals surface area contributed by atoms with Gasteiger partial charge in [-0.3, -0.25) is 9.59 Å². The highest BCUT2D eigenvalue weighted by molar-refractivity contribution is 7.98. The number of rotatable bonds is 10. The van der Waals surface area contributed by atoms with Crippen LogP contribution in [0.15, 0.2) is 76.7 Å². The van der Waals surface area contributed by atoms with Crippen LogP contribution in [0.5, 0.6) is 0 Å². The number of hydrogen-bond donors (Lipinski definition) is 1. The molecule has 0 aromatic heterocycles. The zero-order chi connectivity index (χ0) is 29.7. The summed E-state index contributed by atoms with van der Waals surface area (Å²) in [7, 11) is 0. The first kappa shape index (κ1) is 30.2. The van der Waals surface area contributed by atoms with Crippen LogP contribution in [0.25, 0.3) is 0 Å². The van der Waals surface area contributed by atoms with Crippen molar-refractivity contribution in [3.8, 4) is 0 Å². The molecule has 2 aromatic rings. The highest BCUT2D eigenvalue weighted by atomic mass is 32.2. The Morgan fingerprint density at radius 1 is 1.10 bits per heavy atom. The Labute approximate surface area is 246 Å². The van der Waals surface area contributed by atoms with Crippen molar-refractivity contribution in [1.29, 1.82) is 0 Å². The third kappa shape index (κ3) is 7.31. The van der Waals surface area contributed by atoms with Crippen molar-refractivity contribution in [3.63, 3.8) is 0 Å². The van der Waals surface area contributed by atoms with Gasteiger partial charge in [-0.2, -0.15) is 0 Å². The second kappa shape index (κ2) is 12.8. The molecule has 7 heteroatoms. The van der Waals surface area contributed by atoms with Crippen molar-refractivity contribution >= 4 is 29.6 Å². The van der Waals surface area contributed by atoms with E-state index in [2.05, 4.69) is 23.6 Å². The van der Waals surface area contributed by atoms with Gasteiger partial charge in [-0.05, 0) is 117 Å². The number of hydrogen-bond acceptors (Lipinski definition) is 5. The number of allylic oxidation sites excluding steroid dienone is 3. The van der Waals surface area contributed by atoms with E-state index in [0.29, 0.717) is 30.8 Å². The maximum absolute atomic E-state index is 13.7. The molecule has 0 radical (unpaired) electrons. The van der Waals surface area contributed by atoms with Crippen LogP contribution < -0.4 is 0 Å². The minimum absolute atomic E-state index is 0.0344. The van der Waals surface area contributed by atoms with Crippen molar-refractivity contribution < 1.29 is 24.2 Å². The van der Waals surface area contributed by atoms with Gasteiger partial charge in [0.15, 0.2) is 11.5 Å². The molecule has 2 unspecified atom stereocenters. The maximum Gasteiger partial charge on any atom is 0.415 e. The SMILES string of the molecule is CSc1ccc(C(=O)C2CN(C(=O)OC3=C=C=CC=C3)CC2CCc2cc(C)c(CC(C)(C)C(=O)O)c(C)c2)cc1. The number of aryl methyl sites for hydroxylation is 3. The Hall–Kier alpha value is -3.76. The number of nitrogens with zero attached hydrogens (tertiary/aromatic N) is 1. The van der Waals surface area contributed by atoms with E-state index in [1.165, 1.54) is 0 Å². The molecule has 1 fully saturated rings. The lowest BCUT2D eigenvalue weighted by Gasteiger charge is -2.23. The Morgan fingerprint density at radius 3 is 2.37 bits per heavy atom. The summed E-state index contributed by atoms with van der Waals surface area (Å²) in [6.07, 6.45) is 8.51. The molecule has 2 aromatic carbocycles. The third-order valence-electron chi connectivity index (χ3n) is 7.99. The first-order valence-corrected chi connectivity index (χ1v) is 15.1. The standard InChI is InChI=1S/C34H37NO5S/c1-22-17-24(18-23(2)29(22)19-34(3,4)32(37)38)11-12-26-20-35(33(39)40-27-9-7-6-8-10-27)21-30(26)31(36)25-13-15-28(41-5)16-14-25/h6-7,9,13-18,26,30H,11-12,19-21H2,1-5H3,(H,37,38). The number of carboxylic acids is 1. The third-order valence-corrected chi connectivity index (χ3v) is 8.73. The van der Waals surface area contributed by atoms with Gasteiger partial charge in [0.05, 0.1) is 5.41 Å². The number of aliphatic carboxylic acids is 1. The van der Waals surface area contributed by atoms with Crippen LogP contribution in [0.4, 0.5) is 4.79 Å². The fraction of sp³-hybridized carbons (Fsp3) is 0.382. The predicted molar refractivity (Wildman–Crippen MR) is 161 cm³/mol. The van der Waals surface area contributed by atoms with Crippen molar-refractivity contribution in [2.45, 2.75) is 51.9 Å². The van der Waals surface area contributed by atoms with Gasteiger partial charge in [0, 0.05) is 29.5 Å². The van der Waals surface area contributed by atoms with E-state index in [1.54, 1.807) is 48.7 Å². The van der Waals surface area contributed by atoms with Crippen molar-refractivity contribution in [2.75, 3.05) is 19.3 Å². The molecule has 1 heterocycles. The van der Waals surface area contributed by atoms with Crippen LogP contribution in [-0.4, -0.2) is 47.2 Å². The molecule has 2 atom stereocenters. The summed E-state index contributed by atoms with van der Waals surface area (Å²) < 4.78 is 5.52. The highest BCUT2D eigenvalue weighted by Gasteiger charge is 2.40. The molecule has 1 N–H and O–H groups in total. The monoisotopic (exact) mass is 571 g/mol. The lowest BCUT2D eigenvalue weighted by molar-refractivity contribution is -0.146. The van der Waals surface area contributed by atoms with E-state index >= 15 is 0 Å². The molecule has 214 valence electrons. The minimum Gasteiger partial charge on any atom is -0.481 e. The summed E-state index contributed by atoms with van der Waals surface area (Å²) in [6, 6.07) is 11.9. The van der Waals surface area contributed by atoms with Gasteiger partial charge >= 0.3 is 12.1 Å². The largest absolute Gasteiger partial charge is 0.481 e. The number of ether oxygens (including phenoxy) is 1. The molecule has 1 amide bonds.